The number of ketones is 1. The number of hydrogen-bond acceptors (Lipinski definition) is 6. The molecule has 7 heteroatoms. The molecule has 0 spiro atoms. The normalized spacial score (nSPS) is 15.9. The summed E-state index contributed by atoms with van der Waals surface area (Å²) >= 11 is 0. The Bertz CT molecular complexity index is 1090. The molecule has 166 valence electrons. The summed E-state index contributed by atoms with van der Waals surface area (Å²) in [4.78, 5) is 26.5. The zero-order valence-electron chi connectivity index (χ0n) is 18.2. The third kappa shape index (κ3) is 4.82. The number of carbonyl (C=O) groups is 2. The molecule has 1 fully saturated rings. The second kappa shape index (κ2) is 9.68. The highest BCUT2D eigenvalue weighted by Gasteiger charge is 2.30. The number of nitrogens with zero attached hydrogens (tertiary/aromatic N) is 2. The van der Waals surface area contributed by atoms with E-state index in [2.05, 4.69) is 5.16 Å². The maximum Gasteiger partial charge on any atom is 0.276 e. The van der Waals surface area contributed by atoms with Gasteiger partial charge in [-0.15, -0.1) is 0 Å². The van der Waals surface area contributed by atoms with E-state index in [0.29, 0.717) is 23.6 Å². The standard InChI is InChI=1S/C25H26N2O5/c1-17(28)18-9-11-20(12-10-18)31-16-22-15-23(26-32-22)25(29)27-13-4-3-8-24(27)19-6-5-7-21(14-19)30-2/h5-7,9-12,14-15,24H,3-4,8,13,16H2,1-2H3/t24-/m0/s1. The number of likely N-dealkylation sites (tertiary alicyclic amines) is 1. The largest absolute Gasteiger partial charge is 0.497 e. The number of methoxy groups -OCH3 is 1. The minimum atomic E-state index is -0.154. The number of benzene rings is 2. The molecule has 32 heavy (non-hydrogen) atoms. The fraction of sp³-hybridized carbons (Fsp3) is 0.320. The zero-order chi connectivity index (χ0) is 22.5. The number of hydrogen-bond donors (Lipinski definition) is 0. The Labute approximate surface area is 186 Å². The molecule has 1 saturated heterocycles. The third-order valence-electron chi connectivity index (χ3n) is 5.66. The van der Waals surface area contributed by atoms with E-state index >= 15 is 0 Å². The maximum absolute atomic E-state index is 13.2. The van der Waals surface area contributed by atoms with Gasteiger partial charge in [0.05, 0.1) is 13.2 Å². The lowest BCUT2D eigenvalue weighted by molar-refractivity contribution is 0.0600. The number of amides is 1. The van der Waals surface area contributed by atoms with Gasteiger partial charge in [0.15, 0.2) is 17.2 Å². The molecule has 0 radical (unpaired) electrons. The fourth-order valence-corrected chi connectivity index (χ4v) is 3.94. The van der Waals surface area contributed by atoms with Crippen LogP contribution in [-0.4, -0.2) is 35.4 Å². The molecular weight excluding hydrogens is 408 g/mol. The number of piperidine rings is 1. The van der Waals surface area contributed by atoms with Crippen molar-refractivity contribution in [2.24, 2.45) is 0 Å². The minimum Gasteiger partial charge on any atom is -0.497 e. The van der Waals surface area contributed by atoms with Crippen LogP contribution in [-0.2, 0) is 6.61 Å². The van der Waals surface area contributed by atoms with Crippen molar-refractivity contribution in [3.63, 3.8) is 0 Å². The van der Waals surface area contributed by atoms with Crippen molar-refractivity contribution in [2.45, 2.75) is 38.8 Å². The molecule has 3 aromatic rings. The van der Waals surface area contributed by atoms with Gasteiger partial charge < -0.3 is 18.9 Å². The van der Waals surface area contributed by atoms with Crippen LogP contribution < -0.4 is 9.47 Å². The molecule has 1 aliphatic rings. The van der Waals surface area contributed by atoms with Crippen molar-refractivity contribution in [1.82, 2.24) is 10.1 Å². The lowest BCUT2D eigenvalue weighted by Crippen LogP contribution is -2.38. The van der Waals surface area contributed by atoms with E-state index in [1.54, 1.807) is 37.4 Å². The van der Waals surface area contributed by atoms with E-state index in [-0.39, 0.29) is 30.0 Å². The van der Waals surface area contributed by atoms with E-state index in [1.165, 1.54) is 6.92 Å². The second-order valence-electron chi connectivity index (χ2n) is 7.83. The van der Waals surface area contributed by atoms with Crippen LogP contribution in [0.4, 0.5) is 0 Å². The van der Waals surface area contributed by atoms with Gasteiger partial charge in [-0.25, -0.2) is 0 Å². The van der Waals surface area contributed by atoms with Crippen molar-refractivity contribution in [3.8, 4) is 11.5 Å². The molecule has 0 saturated carbocycles. The highest BCUT2D eigenvalue weighted by molar-refractivity contribution is 5.94. The Kier molecular flexibility index (Phi) is 6.54. The summed E-state index contributed by atoms with van der Waals surface area (Å²) in [6, 6.07) is 16.3. The Morgan fingerprint density at radius 1 is 1.09 bits per heavy atom. The molecule has 1 aromatic heterocycles. The number of aromatic nitrogens is 1. The van der Waals surface area contributed by atoms with Crippen LogP contribution >= 0.6 is 0 Å². The minimum absolute atomic E-state index is 0.0000904. The molecular formula is C25H26N2O5. The van der Waals surface area contributed by atoms with E-state index in [9.17, 15) is 9.59 Å². The van der Waals surface area contributed by atoms with Crippen molar-refractivity contribution in [1.29, 1.82) is 0 Å². The lowest BCUT2D eigenvalue weighted by Gasteiger charge is -2.35. The van der Waals surface area contributed by atoms with Crippen LogP contribution in [0, 0.1) is 0 Å². The van der Waals surface area contributed by atoms with Gasteiger partial charge in [-0.2, -0.15) is 0 Å². The smallest absolute Gasteiger partial charge is 0.276 e. The Morgan fingerprint density at radius 3 is 2.66 bits per heavy atom. The Morgan fingerprint density at radius 2 is 1.91 bits per heavy atom. The number of carbonyl (C=O) groups excluding carboxylic acids is 2. The number of Topliss-reactive ketones (excluding diaryl/α,β-unsaturated/α-hetero) is 1. The van der Waals surface area contributed by atoms with Gasteiger partial charge in [0.1, 0.15) is 18.1 Å². The van der Waals surface area contributed by atoms with Gasteiger partial charge in [-0.1, -0.05) is 17.3 Å². The Balaban J connectivity index is 1.44. The van der Waals surface area contributed by atoms with E-state index in [4.69, 9.17) is 14.0 Å². The Hall–Kier alpha value is -3.61. The second-order valence-corrected chi connectivity index (χ2v) is 7.83. The molecule has 1 amide bonds. The number of rotatable bonds is 7. The summed E-state index contributed by atoms with van der Waals surface area (Å²) in [6.07, 6.45) is 2.91. The third-order valence-corrected chi connectivity index (χ3v) is 5.66. The van der Waals surface area contributed by atoms with Crippen molar-refractivity contribution in [3.05, 3.63) is 77.2 Å². The zero-order valence-corrected chi connectivity index (χ0v) is 18.2. The van der Waals surface area contributed by atoms with Crippen LogP contribution in [0.1, 0.15) is 64.4 Å². The summed E-state index contributed by atoms with van der Waals surface area (Å²) in [5, 5.41) is 3.99. The molecule has 0 bridgehead atoms. The van der Waals surface area contributed by atoms with E-state index < -0.39 is 0 Å². The summed E-state index contributed by atoms with van der Waals surface area (Å²) in [5.41, 5.74) is 1.95. The molecule has 0 N–H and O–H groups in total. The van der Waals surface area contributed by atoms with Crippen LogP contribution in [0.3, 0.4) is 0 Å². The van der Waals surface area contributed by atoms with Crippen molar-refractivity contribution >= 4 is 11.7 Å². The first-order chi connectivity index (χ1) is 15.5. The average molecular weight is 434 g/mol. The van der Waals surface area contributed by atoms with E-state index in [0.717, 1.165) is 30.6 Å². The molecule has 0 unspecified atom stereocenters. The van der Waals surface area contributed by atoms with E-state index in [1.807, 2.05) is 29.2 Å². The van der Waals surface area contributed by atoms with Gasteiger partial charge in [0, 0.05) is 18.2 Å². The molecule has 2 heterocycles. The molecule has 4 rings (SSSR count). The maximum atomic E-state index is 13.2. The van der Waals surface area contributed by atoms with Crippen LogP contribution in [0.25, 0.3) is 0 Å². The van der Waals surface area contributed by atoms with Gasteiger partial charge in [0.2, 0.25) is 0 Å². The van der Waals surface area contributed by atoms with Gasteiger partial charge >= 0.3 is 0 Å². The molecule has 0 aliphatic carbocycles. The van der Waals surface area contributed by atoms with Crippen LogP contribution in [0.15, 0.2) is 59.1 Å². The first kappa shape index (κ1) is 21.6. The van der Waals surface area contributed by atoms with Gasteiger partial charge in [-0.3, -0.25) is 9.59 Å². The summed E-state index contributed by atoms with van der Waals surface area (Å²) in [6.45, 7) is 2.32. The fourth-order valence-electron chi connectivity index (χ4n) is 3.94. The highest BCUT2D eigenvalue weighted by Crippen LogP contribution is 2.33. The molecule has 1 atom stereocenters. The topological polar surface area (TPSA) is 81.9 Å². The summed E-state index contributed by atoms with van der Waals surface area (Å²) in [5.74, 6) is 1.68. The summed E-state index contributed by atoms with van der Waals surface area (Å²) in [7, 11) is 1.64. The molecule has 1 aliphatic heterocycles. The SMILES string of the molecule is COc1cccc([C@@H]2CCCCN2C(=O)c2cc(COc3ccc(C(C)=O)cc3)on2)c1. The predicted molar refractivity (Wildman–Crippen MR) is 118 cm³/mol. The first-order valence-electron chi connectivity index (χ1n) is 10.7. The quantitative estimate of drug-likeness (QED) is 0.495. The van der Waals surface area contributed by atoms with Crippen LogP contribution in [0.2, 0.25) is 0 Å². The molecule has 2 aromatic carbocycles. The molecule has 7 nitrogen and oxygen atoms in total. The van der Waals surface area contributed by atoms with Gasteiger partial charge in [-0.05, 0) is 68.1 Å². The highest BCUT2D eigenvalue weighted by atomic mass is 16.5. The lowest BCUT2D eigenvalue weighted by atomic mass is 9.94. The monoisotopic (exact) mass is 434 g/mol. The van der Waals surface area contributed by atoms with Crippen LogP contribution in [0.5, 0.6) is 11.5 Å². The average Bonchev–Trinajstić information content (AvgIpc) is 3.31. The van der Waals surface area contributed by atoms with Crippen molar-refractivity contribution in [2.75, 3.05) is 13.7 Å². The number of ether oxygens (including phenoxy) is 2. The van der Waals surface area contributed by atoms with Gasteiger partial charge in [0.25, 0.3) is 5.91 Å². The predicted octanol–water partition coefficient (Wildman–Crippen LogP) is 4.83. The first-order valence-corrected chi connectivity index (χ1v) is 10.7. The van der Waals surface area contributed by atoms with Crippen molar-refractivity contribution < 1.29 is 23.6 Å². The summed E-state index contributed by atoms with van der Waals surface area (Å²) < 4.78 is 16.4.